The molecule has 1 fully saturated rings. The molecule has 0 aromatic heterocycles. The van der Waals surface area contributed by atoms with E-state index in [9.17, 15) is 4.79 Å². The van der Waals surface area contributed by atoms with Gasteiger partial charge in [-0.1, -0.05) is 0 Å². The Balaban J connectivity index is 1.93. The molecule has 1 N–H and O–H groups in total. The predicted molar refractivity (Wildman–Crippen MR) is 66.6 cm³/mol. The zero-order valence-electron chi connectivity index (χ0n) is 11.1. The quantitative estimate of drug-likeness (QED) is 0.639. The summed E-state index contributed by atoms with van der Waals surface area (Å²) >= 11 is 0. The molecule has 0 radical (unpaired) electrons. The van der Waals surface area contributed by atoms with Crippen molar-refractivity contribution in [2.24, 2.45) is 5.92 Å². The van der Waals surface area contributed by atoms with E-state index in [0.29, 0.717) is 26.4 Å². The van der Waals surface area contributed by atoms with Crippen molar-refractivity contribution in [2.45, 2.75) is 38.2 Å². The largest absolute Gasteiger partial charge is 0.481 e. The normalized spacial score (nSPS) is 24.1. The van der Waals surface area contributed by atoms with E-state index < -0.39 is 5.97 Å². The summed E-state index contributed by atoms with van der Waals surface area (Å²) in [5, 5.41) is 8.87. The van der Waals surface area contributed by atoms with Crippen molar-refractivity contribution in [3.63, 3.8) is 0 Å². The summed E-state index contributed by atoms with van der Waals surface area (Å²) in [4.78, 5) is 10.8. The highest BCUT2D eigenvalue weighted by molar-refractivity contribution is 5.69. The van der Waals surface area contributed by atoms with Crippen LogP contribution in [0.3, 0.4) is 0 Å². The second kappa shape index (κ2) is 9.30. The van der Waals surface area contributed by atoms with Gasteiger partial charge < -0.3 is 19.3 Å². The molecule has 0 atom stereocenters. The van der Waals surface area contributed by atoms with Crippen molar-refractivity contribution in [3.05, 3.63) is 0 Å². The lowest BCUT2D eigenvalue weighted by atomic mass is 9.87. The molecule has 0 saturated heterocycles. The van der Waals surface area contributed by atoms with Crippen molar-refractivity contribution in [1.82, 2.24) is 0 Å². The molecule has 0 amide bonds. The summed E-state index contributed by atoms with van der Waals surface area (Å²) in [6, 6.07) is 0. The number of hydrogen-bond donors (Lipinski definition) is 1. The molecule has 0 aliphatic heterocycles. The lowest BCUT2D eigenvalue weighted by Crippen LogP contribution is -2.26. The van der Waals surface area contributed by atoms with E-state index in [-0.39, 0.29) is 12.0 Å². The molecule has 0 aromatic carbocycles. The molecule has 5 heteroatoms. The maximum atomic E-state index is 10.8. The Morgan fingerprint density at radius 1 is 1.11 bits per heavy atom. The molecule has 5 nitrogen and oxygen atoms in total. The third-order valence-corrected chi connectivity index (χ3v) is 3.24. The first-order valence-electron chi connectivity index (χ1n) is 6.65. The lowest BCUT2D eigenvalue weighted by Gasteiger charge is -2.26. The number of ether oxygens (including phenoxy) is 3. The van der Waals surface area contributed by atoms with E-state index in [0.717, 1.165) is 32.1 Å². The smallest absolute Gasteiger partial charge is 0.306 e. The van der Waals surface area contributed by atoms with Crippen LogP contribution in [0.4, 0.5) is 0 Å². The van der Waals surface area contributed by atoms with Crippen molar-refractivity contribution in [1.29, 1.82) is 0 Å². The maximum absolute atomic E-state index is 10.8. The summed E-state index contributed by atoms with van der Waals surface area (Å²) in [6.07, 6.45) is 4.32. The number of carboxylic acids is 1. The summed E-state index contributed by atoms with van der Waals surface area (Å²) in [6.45, 7) is 2.63. The molecule has 0 unspecified atom stereocenters. The van der Waals surface area contributed by atoms with E-state index in [4.69, 9.17) is 19.3 Å². The van der Waals surface area contributed by atoms with Crippen molar-refractivity contribution in [3.8, 4) is 0 Å². The van der Waals surface area contributed by atoms with Gasteiger partial charge in [-0.05, 0) is 32.1 Å². The van der Waals surface area contributed by atoms with Gasteiger partial charge in [0.2, 0.25) is 0 Å². The molecule has 1 aliphatic carbocycles. The Kier molecular flexibility index (Phi) is 7.96. The molecule has 18 heavy (non-hydrogen) atoms. The molecule has 1 aliphatic rings. The van der Waals surface area contributed by atoms with Gasteiger partial charge in [0.25, 0.3) is 0 Å². The van der Waals surface area contributed by atoms with E-state index >= 15 is 0 Å². The number of methoxy groups -OCH3 is 1. The Labute approximate surface area is 108 Å². The van der Waals surface area contributed by atoms with Crippen LogP contribution in [-0.4, -0.2) is 50.7 Å². The highest BCUT2D eigenvalue weighted by Crippen LogP contribution is 2.26. The van der Waals surface area contributed by atoms with E-state index in [1.807, 2.05) is 0 Å². The van der Waals surface area contributed by atoms with Crippen LogP contribution in [0, 0.1) is 5.92 Å². The molecular formula is C13H24O5. The Bertz CT molecular complexity index is 223. The molecule has 0 spiro atoms. The first-order valence-corrected chi connectivity index (χ1v) is 6.65. The first-order chi connectivity index (χ1) is 8.74. The summed E-state index contributed by atoms with van der Waals surface area (Å²) < 4.78 is 15.9. The summed E-state index contributed by atoms with van der Waals surface area (Å²) in [7, 11) is 1.65. The van der Waals surface area contributed by atoms with Gasteiger partial charge in [0.05, 0.1) is 25.2 Å². The van der Waals surface area contributed by atoms with Gasteiger partial charge in [0.1, 0.15) is 0 Å². The Hall–Kier alpha value is -0.650. The number of hydrogen-bond acceptors (Lipinski definition) is 4. The monoisotopic (exact) mass is 260 g/mol. The molecule has 0 heterocycles. The average molecular weight is 260 g/mol. The van der Waals surface area contributed by atoms with Gasteiger partial charge in [-0.25, -0.2) is 0 Å². The van der Waals surface area contributed by atoms with Gasteiger partial charge in [0, 0.05) is 20.3 Å². The van der Waals surface area contributed by atoms with Crippen LogP contribution >= 0.6 is 0 Å². The Morgan fingerprint density at radius 3 is 2.44 bits per heavy atom. The van der Waals surface area contributed by atoms with Crippen LogP contribution in [-0.2, 0) is 19.0 Å². The van der Waals surface area contributed by atoms with Gasteiger partial charge in [-0.15, -0.1) is 0 Å². The highest BCUT2D eigenvalue weighted by atomic mass is 16.5. The van der Waals surface area contributed by atoms with E-state index in [2.05, 4.69) is 0 Å². The van der Waals surface area contributed by atoms with E-state index in [1.54, 1.807) is 7.11 Å². The fraction of sp³-hybridized carbons (Fsp3) is 0.923. The minimum absolute atomic E-state index is 0.165. The van der Waals surface area contributed by atoms with Crippen molar-refractivity contribution in [2.75, 3.05) is 33.5 Å². The van der Waals surface area contributed by atoms with Crippen LogP contribution in [0.5, 0.6) is 0 Å². The molecule has 106 valence electrons. The zero-order chi connectivity index (χ0) is 13.2. The number of aliphatic carboxylic acids is 1. The third kappa shape index (κ3) is 6.33. The fourth-order valence-electron chi connectivity index (χ4n) is 2.13. The molecule has 1 saturated carbocycles. The standard InChI is InChI=1S/C13H24O5/c1-16-9-10-17-7-2-8-18-12-5-3-11(4-6-12)13(14)15/h11-12H,2-10H2,1H3,(H,14,15). The van der Waals surface area contributed by atoms with Crippen molar-refractivity contribution >= 4 is 5.97 Å². The minimum atomic E-state index is -0.667. The van der Waals surface area contributed by atoms with Gasteiger partial charge in [0.15, 0.2) is 0 Å². The van der Waals surface area contributed by atoms with Crippen molar-refractivity contribution < 1.29 is 24.1 Å². The van der Waals surface area contributed by atoms with Crippen LogP contribution in [0.25, 0.3) is 0 Å². The second-order valence-electron chi connectivity index (χ2n) is 4.64. The predicted octanol–water partition coefficient (Wildman–Crippen LogP) is 1.70. The van der Waals surface area contributed by atoms with Crippen LogP contribution in [0.2, 0.25) is 0 Å². The SMILES string of the molecule is COCCOCCCOC1CCC(C(=O)O)CC1. The zero-order valence-corrected chi connectivity index (χ0v) is 11.1. The highest BCUT2D eigenvalue weighted by Gasteiger charge is 2.25. The van der Waals surface area contributed by atoms with Crippen LogP contribution < -0.4 is 0 Å². The lowest BCUT2D eigenvalue weighted by molar-refractivity contribution is -0.143. The van der Waals surface area contributed by atoms with Gasteiger partial charge in [-0.3, -0.25) is 4.79 Å². The minimum Gasteiger partial charge on any atom is -0.481 e. The number of rotatable bonds is 9. The average Bonchev–Trinajstić information content (AvgIpc) is 2.38. The molecule has 1 rings (SSSR count). The number of carboxylic acid groups (broad SMARTS) is 1. The van der Waals surface area contributed by atoms with Crippen LogP contribution in [0.1, 0.15) is 32.1 Å². The fourth-order valence-corrected chi connectivity index (χ4v) is 2.13. The molecular weight excluding hydrogens is 236 g/mol. The topological polar surface area (TPSA) is 65.0 Å². The van der Waals surface area contributed by atoms with Gasteiger partial charge in [-0.2, -0.15) is 0 Å². The first kappa shape index (κ1) is 15.4. The Morgan fingerprint density at radius 2 is 1.83 bits per heavy atom. The van der Waals surface area contributed by atoms with Gasteiger partial charge >= 0.3 is 5.97 Å². The molecule has 0 bridgehead atoms. The summed E-state index contributed by atoms with van der Waals surface area (Å²) in [5.41, 5.74) is 0. The molecule has 0 aromatic rings. The summed E-state index contributed by atoms with van der Waals surface area (Å²) in [5.74, 6) is -0.831. The maximum Gasteiger partial charge on any atom is 0.306 e. The second-order valence-corrected chi connectivity index (χ2v) is 4.64. The number of carbonyl (C=O) groups is 1. The third-order valence-electron chi connectivity index (χ3n) is 3.24. The van der Waals surface area contributed by atoms with Crippen LogP contribution in [0.15, 0.2) is 0 Å². The van der Waals surface area contributed by atoms with E-state index in [1.165, 1.54) is 0 Å².